The van der Waals surface area contributed by atoms with Crippen molar-refractivity contribution in [2.45, 2.75) is 26.9 Å². The summed E-state index contributed by atoms with van der Waals surface area (Å²) in [6, 6.07) is 10.7. The predicted octanol–water partition coefficient (Wildman–Crippen LogP) is 3.47. The monoisotopic (exact) mass is 531 g/mol. The lowest BCUT2D eigenvalue weighted by atomic mass is 10.1. The van der Waals surface area contributed by atoms with Crippen molar-refractivity contribution in [3.63, 3.8) is 0 Å². The molecule has 0 radical (unpaired) electrons. The van der Waals surface area contributed by atoms with Crippen LogP contribution in [0.4, 0.5) is 4.39 Å². The second-order valence-electron chi connectivity index (χ2n) is 8.02. The predicted molar refractivity (Wildman–Crippen MR) is 137 cm³/mol. The van der Waals surface area contributed by atoms with E-state index in [4.69, 9.17) is 4.74 Å². The first kappa shape index (κ1) is 26.8. The van der Waals surface area contributed by atoms with Crippen LogP contribution in [0.3, 0.4) is 0 Å². The number of fused-ring (bicyclic) bond motifs is 1. The molecule has 0 saturated carbocycles. The van der Waals surface area contributed by atoms with E-state index in [0.717, 1.165) is 21.5 Å². The number of esters is 1. The van der Waals surface area contributed by atoms with Gasteiger partial charge in [-0.25, -0.2) is 14.0 Å². The van der Waals surface area contributed by atoms with Gasteiger partial charge in [-0.05, 0) is 48.7 Å². The molecule has 8 nitrogen and oxygen atoms in total. The maximum Gasteiger partial charge on any atom is 0.338 e. The highest BCUT2D eigenvalue weighted by atomic mass is 35.5. The SMILES string of the molecule is COC(=O)c1ccc(Cn2c(=O)c(C)c3sc(C(=O)NCc4ccc(F)cc4)cn3c2=O)cc1C.Cl. The summed E-state index contributed by atoms with van der Waals surface area (Å²) in [4.78, 5) is 51.3. The number of hydrogen-bond acceptors (Lipinski definition) is 6. The number of thiazole rings is 1. The van der Waals surface area contributed by atoms with Gasteiger partial charge in [0.2, 0.25) is 0 Å². The molecule has 188 valence electrons. The molecule has 4 rings (SSSR count). The van der Waals surface area contributed by atoms with E-state index in [1.165, 1.54) is 29.8 Å². The maximum atomic E-state index is 13.2. The van der Waals surface area contributed by atoms with Crippen LogP contribution in [0, 0.1) is 19.7 Å². The number of rotatable bonds is 6. The summed E-state index contributed by atoms with van der Waals surface area (Å²) < 4.78 is 20.2. The third kappa shape index (κ3) is 5.24. The molecule has 11 heteroatoms. The average Bonchev–Trinajstić information content (AvgIpc) is 3.30. The zero-order chi connectivity index (χ0) is 25.3. The first-order valence-electron chi connectivity index (χ1n) is 10.7. The number of ether oxygens (including phenoxy) is 1. The van der Waals surface area contributed by atoms with Crippen LogP contribution in [0.1, 0.15) is 42.3 Å². The smallest absolute Gasteiger partial charge is 0.338 e. The van der Waals surface area contributed by atoms with Gasteiger partial charge in [-0.1, -0.05) is 24.3 Å². The molecular weight excluding hydrogens is 509 g/mol. The number of benzene rings is 2. The Morgan fingerprint density at radius 2 is 1.72 bits per heavy atom. The van der Waals surface area contributed by atoms with Gasteiger partial charge in [-0.15, -0.1) is 23.7 Å². The first-order valence-corrected chi connectivity index (χ1v) is 11.5. The van der Waals surface area contributed by atoms with Gasteiger partial charge >= 0.3 is 11.7 Å². The van der Waals surface area contributed by atoms with Crippen molar-refractivity contribution < 1.29 is 18.7 Å². The summed E-state index contributed by atoms with van der Waals surface area (Å²) in [7, 11) is 1.30. The lowest BCUT2D eigenvalue weighted by Crippen LogP contribution is -2.38. The molecular formula is C25H23ClFN3O5S. The van der Waals surface area contributed by atoms with Crippen LogP contribution in [-0.2, 0) is 17.8 Å². The number of aromatic nitrogens is 2. The number of halogens is 2. The van der Waals surface area contributed by atoms with E-state index in [1.54, 1.807) is 44.2 Å². The van der Waals surface area contributed by atoms with Crippen LogP contribution in [0.15, 0.2) is 58.3 Å². The molecule has 0 aliphatic heterocycles. The van der Waals surface area contributed by atoms with E-state index >= 15 is 0 Å². The van der Waals surface area contributed by atoms with E-state index < -0.39 is 23.1 Å². The third-order valence-corrected chi connectivity index (χ3v) is 6.83. The van der Waals surface area contributed by atoms with E-state index in [9.17, 15) is 23.6 Å². The van der Waals surface area contributed by atoms with Crippen LogP contribution >= 0.6 is 23.7 Å². The van der Waals surface area contributed by atoms with Crippen molar-refractivity contribution in [3.05, 3.63) is 108 Å². The molecule has 0 bridgehead atoms. The molecule has 0 atom stereocenters. The van der Waals surface area contributed by atoms with Gasteiger partial charge in [0.25, 0.3) is 11.5 Å². The second-order valence-corrected chi connectivity index (χ2v) is 9.05. The quantitative estimate of drug-likeness (QED) is 0.384. The number of amides is 1. The lowest BCUT2D eigenvalue weighted by Gasteiger charge is -2.10. The molecule has 0 saturated heterocycles. The van der Waals surface area contributed by atoms with Crippen LogP contribution in [0.5, 0.6) is 0 Å². The Hall–Kier alpha value is -3.76. The largest absolute Gasteiger partial charge is 0.465 e. The van der Waals surface area contributed by atoms with Gasteiger partial charge in [-0.2, -0.15) is 0 Å². The Morgan fingerprint density at radius 3 is 2.36 bits per heavy atom. The number of aryl methyl sites for hydroxylation is 2. The molecule has 2 aromatic heterocycles. The number of carbonyl (C=O) groups is 2. The minimum absolute atomic E-state index is 0. The normalized spacial score (nSPS) is 10.7. The highest BCUT2D eigenvalue weighted by Crippen LogP contribution is 2.19. The second kappa shape index (κ2) is 10.9. The number of methoxy groups -OCH3 is 1. The highest BCUT2D eigenvalue weighted by Gasteiger charge is 2.18. The van der Waals surface area contributed by atoms with Crippen LogP contribution < -0.4 is 16.6 Å². The number of nitrogens with zero attached hydrogens (tertiary/aromatic N) is 2. The summed E-state index contributed by atoms with van der Waals surface area (Å²) >= 11 is 1.05. The summed E-state index contributed by atoms with van der Waals surface area (Å²) in [6.45, 7) is 3.55. The number of carbonyl (C=O) groups excluding carboxylic acids is 2. The van der Waals surface area contributed by atoms with E-state index in [1.807, 2.05) is 0 Å². The van der Waals surface area contributed by atoms with Gasteiger partial charge in [0.15, 0.2) is 0 Å². The molecule has 4 aromatic rings. The molecule has 0 aliphatic carbocycles. The summed E-state index contributed by atoms with van der Waals surface area (Å²) in [5, 5.41) is 2.74. The van der Waals surface area contributed by atoms with Crippen LogP contribution in [0.2, 0.25) is 0 Å². The van der Waals surface area contributed by atoms with Crippen molar-refractivity contribution in [2.24, 2.45) is 0 Å². The Morgan fingerprint density at radius 1 is 1.06 bits per heavy atom. The molecule has 0 aliphatic rings. The molecule has 36 heavy (non-hydrogen) atoms. The third-order valence-electron chi connectivity index (χ3n) is 5.62. The van der Waals surface area contributed by atoms with Gasteiger partial charge < -0.3 is 10.1 Å². The van der Waals surface area contributed by atoms with Crippen molar-refractivity contribution in [2.75, 3.05) is 7.11 Å². The molecule has 2 aromatic carbocycles. The Bertz CT molecular complexity index is 1570. The molecule has 2 heterocycles. The summed E-state index contributed by atoms with van der Waals surface area (Å²) in [6.07, 6.45) is 1.41. The first-order chi connectivity index (χ1) is 16.7. The Kier molecular flexibility index (Phi) is 8.11. The zero-order valence-corrected chi connectivity index (χ0v) is 21.3. The topological polar surface area (TPSA) is 98.9 Å². The van der Waals surface area contributed by atoms with Crippen molar-refractivity contribution in [1.29, 1.82) is 0 Å². The number of hydrogen-bond donors (Lipinski definition) is 1. The van der Waals surface area contributed by atoms with Crippen LogP contribution in [0.25, 0.3) is 4.83 Å². The van der Waals surface area contributed by atoms with Gasteiger partial charge in [-0.3, -0.25) is 18.6 Å². The molecule has 0 fully saturated rings. The van der Waals surface area contributed by atoms with Crippen molar-refractivity contribution in [1.82, 2.24) is 14.3 Å². The standard InChI is InChI=1S/C25H22FN3O5S.ClH/c1-14-10-17(6-9-19(14)24(32)34-3)12-28-22(31)15(2)23-29(25(28)33)13-20(35-23)21(30)27-11-16-4-7-18(26)8-5-16;/h4-10,13H,11-12H2,1-3H3,(H,27,30);1H. The molecule has 0 unspecified atom stereocenters. The summed E-state index contributed by atoms with van der Waals surface area (Å²) in [5.41, 5.74) is 1.78. The van der Waals surface area contributed by atoms with E-state index in [-0.39, 0.29) is 36.2 Å². The zero-order valence-electron chi connectivity index (χ0n) is 19.7. The highest BCUT2D eigenvalue weighted by molar-refractivity contribution is 7.19. The maximum absolute atomic E-state index is 13.2. The Labute approximate surface area is 215 Å². The molecule has 0 spiro atoms. The average molecular weight is 532 g/mol. The van der Waals surface area contributed by atoms with Crippen molar-refractivity contribution in [3.8, 4) is 0 Å². The van der Waals surface area contributed by atoms with E-state index in [2.05, 4.69) is 5.32 Å². The molecule has 1 amide bonds. The van der Waals surface area contributed by atoms with Gasteiger partial charge in [0.05, 0.1) is 19.2 Å². The number of nitrogens with one attached hydrogen (secondary N) is 1. The molecule has 1 N–H and O–H groups in total. The fourth-order valence-corrected chi connectivity index (χ4v) is 4.73. The Balaban J connectivity index is 0.00000361. The fraction of sp³-hybridized carbons (Fsp3) is 0.200. The van der Waals surface area contributed by atoms with Crippen LogP contribution in [-0.4, -0.2) is 28.0 Å². The fourth-order valence-electron chi connectivity index (χ4n) is 3.73. The minimum atomic E-state index is -0.570. The van der Waals surface area contributed by atoms with Gasteiger partial charge in [0, 0.05) is 18.3 Å². The lowest BCUT2D eigenvalue weighted by molar-refractivity contribution is 0.0599. The van der Waals surface area contributed by atoms with E-state index in [0.29, 0.717) is 27.1 Å². The van der Waals surface area contributed by atoms with Crippen molar-refractivity contribution >= 4 is 40.5 Å². The van der Waals surface area contributed by atoms with Gasteiger partial charge in [0.1, 0.15) is 15.5 Å². The summed E-state index contributed by atoms with van der Waals surface area (Å²) in [5.74, 6) is -1.24. The minimum Gasteiger partial charge on any atom is -0.465 e.